The summed E-state index contributed by atoms with van der Waals surface area (Å²) in [5.41, 5.74) is 2.35. The van der Waals surface area contributed by atoms with Crippen molar-refractivity contribution in [2.24, 2.45) is 0 Å². The third kappa shape index (κ3) is 3.19. The maximum Gasteiger partial charge on any atom is 0.0485 e. The van der Waals surface area contributed by atoms with Crippen molar-refractivity contribution in [2.45, 2.75) is 22.6 Å². The van der Waals surface area contributed by atoms with Crippen LogP contribution in [0.2, 0.25) is 5.02 Å². The van der Waals surface area contributed by atoms with Gasteiger partial charge in [-0.3, -0.25) is 0 Å². The van der Waals surface area contributed by atoms with Gasteiger partial charge < -0.3 is 0 Å². The highest BCUT2D eigenvalue weighted by molar-refractivity contribution is 7.99. The summed E-state index contributed by atoms with van der Waals surface area (Å²) in [7, 11) is 0. The minimum Gasteiger partial charge on any atom is -0.122 e. The fraction of sp³-hybridized carbons (Fsp3) is 0.143. The third-order valence-corrected chi connectivity index (χ3v) is 4.30. The molecule has 3 heteroatoms. The number of halogens is 2. The first kappa shape index (κ1) is 12.8. The first-order valence-electron chi connectivity index (χ1n) is 5.28. The van der Waals surface area contributed by atoms with Crippen LogP contribution >= 0.6 is 35.0 Å². The Hall–Kier alpha value is -0.630. The average molecular weight is 283 g/mol. The van der Waals surface area contributed by atoms with E-state index in [9.17, 15) is 0 Å². The fourth-order valence-electron chi connectivity index (χ4n) is 1.54. The molecule has 88 valence electrons. The van der Waals surface area contributed by atoms with Gasteiger partial charge in [-0.15, -0.1) is 11.6 Å². The van der Waals surface area contributed by atoms with E-state index in [0.717, 1.165) is 10.6 Å². The fourth-order valence-corrected chi connectivity index (χ4v) is 3.05. The van der Waals surface area contributed by atoms with Crippen LogP contribution in [0.25, 0.3) is 0 Å². The topological polar surface area (TPSA) is 0 Å². The van der Waals surface area contributed by atoms with E-state index in [4.69, 9.17) is 23.2 Å². The maximum atomic E-state index is 5.96. The van der Waals surface area contributed by atoms with E-state index in [1.54, 1.807) is 11.8 Å². The summed E-state index contributed by atoms with van der Waals surface area (Å²) < 4.78 is 0. The van der Waals surface area contributed by atoms with Crippen LogP contribution in [0.3, 0.4) is 0 Å². The molecule has 0 fully saturated rings. The lowest BCUT2D eigenvalue weighted by Gasteiger charge is -2.09. The molecule has 0 bridgehead atoms. The van der Waals surface area contributed by atoms with Crippen LogP contribution in [0.15, 0.2) is 52.3 Å². The van der Waals surface area contributed by atoms with Crippen molar-refractivity contribution >= 4 is 35.0 Å². The lowest BCUT2D eigenvalue weighted by atomic mass is 10.2. The van der Waals surface area contributed by atoms with Gasteiger partial charge in [0.25, 0.3) is 0 Å². The van der Waals surface area contributed by atoms with E-state index < -0.39 is 0 Å². The Morgan fingerprint density at radius 1 is 1.06 bits per heavy atom. The quantitative estimate of drug-likeness (QED) is 0.666. The Morgan fingerprint density at radius 3 is 2.53 bits per heavy atom. The van der Waals surface area contributed by atoms with Gasteiger partial charge in [-0.05, 0) is 42.3 Å². The molecule has 0 spiro atoms. The zero-order valence-electron chi connectivity index (χ0n) is 9.41. The maximum absolute atomic E-state index is 5.96. The van der Waals surface area contributed by atoms with Gasteiger partial charge in [0.15, 0.2) is 0 Å². The average Bonchev–Trinajstić information content (AvgIpc) is 2.34. The van der Waals surface area contributed by atoms with Gasteiger partial charge in [-0.1, -0.05) is 41.6 Å². The second-order valence-electron chi connectivity index (χ2n) is 3.75. The number of rotatable bonds is 3. The number of hydrogen-bond donors (Lipinski definition) is 0. The molecule has 2 rings (SSSR count). The number of alkyl halides is 1. The van der Waals surface area contributed by atoms with Crippen molar-refractivity contribution in [3.05, 3.63) is 58.6 Å². The number of hydrogen-bond acceptors (Lipinski definition) is 1. The summed E-state index contributed by atoms with van der Waals surface area (Å²) in [4.78, 5) is 2.42. The monoisotopic (exact) mass is 282 g/mol. The van der Waals surface area contributed by atoms with Crippen LogP contribution in [0.5, 0.6) is 0 Å². The highest BCUT2D eigenvalue weighted by Gasteiger charge is 2.06. The predicted octanol–water partition coefficient (Wildman–Crippen LogP) is 5.54. The molecule has 0 N–H and O–H groups in total. The molecule has 2 aromatic carbocycles. The van der Waals surface area contributed by atoms with Crippen molar-refractivity contribution in [1.82, 2.24) is 0 Å². The molecule has 0 aliphatic carbocycles. The van der Waals surface area contributed by atoms with Crippen molar-refractivity contribution in [3.8, 4) is 0 Å². The smallest absolute Gasteiger partial charge is 0.0485 e. The van der Waals surface area contributed by atoms with Gasteiger partial charge >= 0.3 is 0 Å². The molecule has 0 saturated carbocycles. The molecule has 0 aromatic heterocycles. The normalized spacial score (nSPS) is 10.5. The zero-order chi connectivity index (χ0) is 12.3. The first-order valence-corrected chi connectivity index (χ1v) is 7.01. The van der Waals surface area contributed by atoms with E-state index in [2.05, 4.69) is 19.1 Å². The molecular formula is C14H12Cl2S. The van der Waals surface area contributed by atoms with Crippen LogP contribution < -0.4 is 0 Å². The molecule has 0 atom stereocenters. The molecule has 2 aromatic rings. The van der Waals surface area contributed by atoms with Crippen LogP contribution in [0, 0.1) is 6.92 Å². The summed E-state index contributed by atoms with van der Waals surface area (Å²) in [5, 5.41) is 0.731. The minimum absolute atomic E-state index is 0.481. The lowest BCUT2D eigenvalue weighted by molar-refractivity contribution is 1.24. The van der Waals surface area contributed by atoms with Crippen LogP contribution in [0.4, 0.5) is 0 Å². The Kier molecular flexibility index (Phi) is 4.38. The van der Waals surface area contributed by atoms with Crippen molar-refractivity contribution < 1.29 is 0 Å². The highest BCUT2D eigenvalue weighted by Crippen LogP contribution is 2.34. The molecule has 0 aliphatic rings. The van der Waals surface area contributed by atoms with Gasteiger partial charge in [-0.25, -0.2) is 0 Å². The Labute approximate surface area is 116 Å². The van der Waals surface area contributed by atoms with Gasteiger partial charge in [0.05, 0.1) is 0 Å². The highest BCUT2D eigenvalue weighted by atomic mass is 35.5. The summed E-state index contributed by atoms with van der Waals surface area (Å²) >= 11 is 13.6. The van der Waals surface area contributed by atoms with E-state index >= 15 is 0 Å². The van der Waals surface area contributed by atoms with Gasteiger partial charge in [-0.2, -0.15) is 0 Å². The second kappa shape index (κ2) is 5.81. The molecule has 17 heavy (non-hydrogen) atoms. The van der Waals surface area contributed by atoms with Gasteiger partial charge in [0.2, 0.25) is 0 Å². The van der Waals surface area contributed by atoms with Crippen LogP contribution in [0.1, 0.15) is 11.1 Å². The lowest BCUT2D eigenvalue weighted by Crippen LogP contribution is -1.85. The van der Waals surface area contributed by atoms with Gasteiger partial charge in [0.1, 0.15) is 0 Å². The van der Waals surface area contributed by atoms with Crippen molar-refractivity contribution in [1.29, 1.82) is 0 Å². The van der Waals surface area contributed by atoms with Crippen LogP contribution in [-0.4, -0.2) is 0 Å². The molecule has 0 unspecified atom stereocenters. The molecule has 0 aliphatic heterocycles. The predicted molar refractivity (Wildman–Crippen MR) is 76.3 cm³/mol. The number of benzene rings is 2. The Balaban J connectivity index is 2.33. The molecule has 0 radical (unpaired) electrons. The second-order valence-corrected chi connectivity index (χ2v) is 5.54. The molecule has 0 saturated heterocycles. The first-order chi connectivity index (χ1) is 8.20. The summed E-state index contributed by atoms with van der Waals surface area (Å²) in [6.45, 7) is 2.11. The molecule has 0 amide bonds. The van der Waals surface area contributed by atoms with Gasteiger partial charge in [0, 0.05) is 20.7 Å². The molecule has 0 nitrogen and oxygen atoms in total. The number of aryl methyl sites for hydroxylation is 1. The van der Waals surface area contributed by atoms with Crippen molar-refractivity contribution in [3.63, 3.8) is 0 Å². The van der Waals surface area contributed by atoms with E-state index in [-0.39, 0.29) is 0 Å². The van der Waals surface area contributed by atoms with E-state index in [1.807, 2.05) is 30.3 Å². The standard InChI is InChI=1S/C14H12Cl2S/c1-10-4-2-3-5-13(10)17-14-7-6-12(16)8-11(14)9-15/h2-8H,9H2,1H3. The summed E-state index contributed by atoms with van der Waals surface area (Å²) in [6.07, 6.45) is 0. The zero-order valence-corrected chi connectivity index (χ0v) is 11.7. The third-order valence-electron chi connectivity index (χ3n) is 2.48. The largest absolute Gasteiger partial charge is 0.122 e. The Morgan fingerprint density at radius 2 is 1.82 bits per heavy atom. The van der Waals surface area contributed by atoms with E-state index in [0.29, 0.717) is 5.88 Å². The molecular weight excluding hydrogens is 271 g/mol. The SMILES string of the molecule is Cc1ccccc1Sc1ccc(Cl)cc1CCl. The minimum atomic E-state index is 0.481. The van der Waals surface area contributed by atoms with Crippen molar-refractivity contribution in [2.75, 3.05) is 0 Å². The Bertz CT molecular complexity index is 523. The van der Waals surface area contributed by atoms with Crippen LogP contribution in [-0.2, 0) is 5.88 Å². The molecule has 0 heterocycles. The van der Waals surface area contributed by atoms with E-state index in [1.165, 1.54) is 15.4 Å². The summed E-state index contributed by atoms with van der Waals surface area (Å²) in [5.74, 6) is 0.481. The summed E-state index contributed by atoms with van der Waals surface area (Å²) in [6, 6.07) is 14.2.